The van der Waals surface area contributed by atoms with Crippen LogP contribution in [0, 0.1) is 23.0 Å². The van der Waals surface area contributed by atoms with Gasteiger partial charge < -0.3 is 15.4 Å². The third kappa shape index (κ3) is 4.95. The van der Waals surface area contributed by atoms with Gasteiger partial charge in [0.15, 0.2) is 6.61 Å². The third-order valence-electron chi connectivity index (χ3n) is 7.07. The molecule has 1 unspecified atom stereocenters. The molecule has 176 valence electrons. The van der Waals surface area contributed by atoms with Crippen LogP contribution in [0.25, 0.3) is 0 Å². The van der Waals surface area contributed by atoms with Crippen molar-refractivity contribution >= 4 is 23.4 Å². The molecule has 2 N–H and O–H groups in total. The minimum absolute atomic E-state index is 0.00999. The van der Waals surface area contributed by atoms with Gasteiger partial charge in [-0.1, -0.05) is 18.5 Å². The molecule has 3 aliphatic rings. The van der Waals surface area contributed by atoms with Gasteiger partial charge in [-0.2, -0.15) is 0 Å². The minimum Gasteiger partial charge on any atom is -0.484 e. The standard InChI is InChI=1S/C24H26ClF2N3O3/c1-15-10-23(30-21(31)14-33-18-2-3-19(25)20(27)9-18)4-6-24(15,7-5-23)22(32)29-12-16-8-17(26)13-28-11-16/h2-3,8-9,11,13,15H,4-7,10,12,14H2,1H3,(H,29,32)(H,30,31). The van der Waals surface area contributed by atoms with Gasteiger partial charge in [0.25, 0.3) is 5.91 Å². The van der Waals surface area contributed by atoms with Crippen molar-refractivity contribution in [2.24, 2.45) is 11.3 Å². The Morgan fingerprint density at radius 3 is 2.61 bits per heavy atom. The molecule has 5 rings (SSSR count). The Morgan fingerprint density at radius 2 is 1.94 bits per heavy atom. The van der Waals surface area contributed by atoms with E-state index in [1.54, 1.807) is 0 Å². The first-order valence-electron chi connectivity index (χ1n) is 11.0. The van der Waals surface area contributed by atoms with E-state index in [0.29, 0.717) is 37.7 Å². The van der Waals surface area contributed by atoms with Gasteiger partial charge in [-0.3, -0.25) is 14.6 Å². The predicted octanol–water partition coefficient (Wildman–Crippen LogP) is 4.16. The summed E-state index contributed by atoms with van der Waals surface area (Å²) >= 11 is 5.66. The molecule has 0 spiro atoms. The summed E-state index contributed by atoms with van der Waals surface area (Å²) in [5, 5.41) is 6.04. The average molecular weight is 478 g/mol. The average Bonchev–Trinajstić information content (AvgIpc) is 2.79. The normalized spacial score (nSPS) is 26.0. The van der Waals surface area contributed by atoms with Crippen LogP contribution >= 0.6 is 11.6 Å². The molecule has 0 aliphatic heterocycles. The molecular weight excluding hydrogens is 452 g/mol. The number of nitrogens with one attached hydrogen (secondary N) is 2. The first kappa shape index (κ1) is 23.4. The van der Waals surface area contributed by atoms with Crippen molar-refractivity contribution < 1.29 is 23.1 Å². The molecule has 3 saturated carbocycles. The van der Waals surface area contributed by atoms with Crippen LogP contribution < -0.4 is 15.4 Å². The number of rotatable bonds is 7. The maximum atomic E-state index is 13.5. The number of hydrogen-bond acceptors (Lipinski definition) is 4. The van der Waals surface area contributed by atoms with Crippen LogP contribution in [0.3, 0.4) is 0 Å². The summed E-state index contributed by atoms with van der Waals surface area (Å²) in [6.07, 6.45) is 6.04. The summed E-state index contributed by atoms with van der Waals surface area (Å²) in [6.45, 7) is 2.03. The van der Waals surface area contributed by atoms with Crippen LogP contribution in [-0.4, -0.2) is 28.9 Å². The number of nitrogens with zero attached hydrogens (tertiary/aromatic N) is 1. The van der Waals surface area contributed by atoms with Gasteiger partial charge in [-0.25, -0.2) is 8.78 Å². The van der Waals surface area contributed by atoms with Crippen molar-refractivity contribution in [3.05, 3.63) is 58.9 Å². The zero-order valence-electron chi connectivity index (χ0n) is 18.3. The Labute approximate surface area is 196 Å². The number of benzene rings is 1. The highest BCUT2D eigenvalue weighted by Crippen LogP contribution is 2.55. The molecule has 33 heavy (non-hydrogen) atoms. The number of aromatic nitrogens is 1. The number of hydrogen-bond donors (Lipinski definition) is 2. The number of fused-ring (bicyclic) bond motifs is 3. The minimum atomic E-state index is -0.607. The topological polar surface area (TPSA) is 80.3 Å². The number of carbonyl (C=O) groups excluding carboxylic acids is 2. The molecule has 3 fully saturated rings. The number of ether oxygens (including phenoxy) is 1. The molecule has 1 aromatic carbocycles. The van der Waals surface area contributed by atoms with Crippen molar-refractivity contribution in [3.63, 3.8) is 0 Å². The molecule has 0 saturated heterocycles. The van der Waals surface area contributed by atoms with E-state index in [4.69, 9.17) is 16.3 Å². The summed E-state index contributed by atoms with van der Waals surface area (Å²) in [5.74, 6) is -1.06. The number of carbonyl (C=O) groups is 2. The number of pyridine rings is 1. The van der Waals surface area contributed by atoms with E-state index in [-0.39, 0.29) is 47.2 Å². The first-order chi connectivity index (χ1) is 15.7. The van der Waals surface area contributed by atoms with Crippen LogP contribution in [0.2, 0.25) is 5.02 Å². The lowest BCUT2D eigenvalue weighted by Crippen LogP contribution is -2.63. The van der Waals surface area contributed by atoms with Crippen molar-refractivity contribution in [3.8, 4) is 5.75 Å². The Balaban J connectivity index is 1.32. The molecule has 6 nitrogen and oxygen atoms in total. The second-order valence-electron chi connectivity index (χ2n) is 9.15. The van der Waals surface area contributed by atoms with E-state index < -0.39 is 17.0 Å². The van der Waals surface area contributed by atoms with Gasteiger partial charge in [0.1, 0.15) is 17.4 Å². The van der Waals surface area contributed by atoms with Crippen LogP contribution in [0.4, 0.5) is 8.78 Å². The van der Waals surface area contributed by atoms with Crippen molar-refractivity contribution in [2.45, 2.75) is 51.1 Å². The highest BCUT2D eigenvalue weighted by Gasteiger charge is 2.56. The van der Waals surface area contributed by atoms with Gasteiger partial charge >= 0.3 is 0 Å². The molecule has 2 aromatic rings. The van der Waals surface area contributed by atoms with Crippen LogP contribution in [0.1, 0.15) is 44.6 Å². The molecule has 3 aliphatic carbocycles. The maximum absolute atomic E-state index is 13.5. The largest absolute Gasteiger partial charge is 0.484 e. The van der Waals surface area contributed by atoms with Crippen LogP contribution in [0.5, 0.6) is 5.75 Å². The molecule has 9 heteroatoms. The Bertz CT molecular complexity index is 1060. The third-order valence-corrected chi connectivity index (χ3v) is 7.38. The predicted molar refractivity (Wildman–Crippen MR) is 119 cm³/mol. The van der Waals surface area contributed by atoms with E-state index in [1.165, 1.54) is 24.4 Å². The van der Waals surface area contributed by atoms with Gasteiger partial charge in [-0.05, 0) is 61.8 Å². The maximum Gasteiger partial charge on any atom is 0.258 e. The van der Waals surface area contributed by atoms with Gasteiger partial charge in [-0.15, -0.1) is 0 Å². The van der Waals surface area contributed by atoms with E-state index >= 15 is 0 Å². The van der Waals surface area contributed by atoms with E-state index in [0.717, 1.165) is 12.3 Å². The molecule has 0 radical (unpaired) electrons. The van der Waals surface area contributed by atoms with Crippen molar-refractivity contribution in [1.82, 2.24) is 15.6 Å². The molecule has 2 amide bonds. The zero-order chi connectivity index (χ0) is 23.6. The lowest BCUT2D eigenvalue weighted by Gasteiger charge is -2.56. The lowest BCUT2D eigenvalue weighted by molar-refractivity contribution is -0.146. The quantitative estimate of drug-likeness (QED) is 0.627. The van der Waals surface area contributed by atoms with E-state index in [9.17, 15) is 18.4 Å². The molecule has 2 bridgehead atoms. The second kappa shape index (κ2) is 9.25. The SMILES string of the molecule is CC1CC2(NC(=O)COc3ccc(Cl)c(F)c3)CCC1(C(=O)NCc1cncc(F)c1)CC2. The summed E-state index contributed by atoms with van der Waals surface area (Å²) in [7, 11) is 0. The van der Waals surface area contributed by atoms with Crippen molar-refractivity contribution in [2.75, 3.05) is 6.61 Å². The highest BCUT2D eigenvalue weighted by molar-refractivity contribution is 6.30. The van der Waals surface area contributed by atoms with Crippen LogP contribution in [-0.2, 0) is 16.1 Å². The van der Waals surface area contributed by atoms with Gasteiger partial charge in [0, 0.05) is 24.3 Å². The van der Waals surface area contributed by atoms with Crippen molar-refractivity contribution in [1.29, 1.82) is 0 Å². The van der Waals surface area contributed by atoms with Gasteiger partial charge in [0.2, 0.25) is 5.91 Å². The molecule has 1 aromatic heterocycles. The zero-order valence-corrected chi connectivity index (χ0v) is 19.1. The fourth-order valence-electron chi connectivity index (χ4n) is 5.24. The van der Waals surface area contributed by atoms with E-state index in [2.05, 4.69) is 15.6 Å². The fraction of sp³-hybridized carbons (Fsp3) is 0.458. The highest BCUT2D eigenvalue weighted by atomic mass is 35.5. The van der Waals surface area contributed by atoms with Gasteiger partial charge in [0.05, 0.1) is 16.6 Å². The first-order valence-corrected chi connectivity index (χ1v) is 11.4. The summed E-state index contributed by atoms with van der Waals surface area (Å²) in [4.78, 5) is 29.5. The monoisotopic (exact) mass is 477 g/mol. The Kier molecular flexibility index (Phi) is 6.56. The number of halogens is 3. The fourth-order valence-corrected chi connectivity index (χ4v) is 5.36. The van der Waals surface area contributed by atoms with E-state index in [1.807, 2.05) is 6.92 Å². The summed E-state index contributed by atoms with van der Waals surface area (Å²) < 4.78 is 32.3. The second-order valence-corrected chi connectivity index (χ2v) is 9.56. The van der Waals surface area contributed by atoms with Crippen LogP contribution in [0.15, 0.2) is 36.7 Å². The molecular formula is C24H26ClF2N3O3. The number of amides is 2. The summed E-state index contributed by atoms with van der Waals surface area (Å²) in [6, 6.07) is 5.39. The Hall–Kier alpha value is -2.74. The summed E-state index contributed by atoms with van der Waals surface area (Å²) in [5.41, 5.74) is -0.259. The smallest absolute Gasteiger partial charge is 0.258 e. The molecule has 1 atom stereocenters. The molecule has 1 heterocycles. The lowest BCUT2D eigenvalue weighted by atomic mass is 9.52. The Morgan fingerprint density at radius 1 is 1.18 bits per heavy atom.